The second-order valence-corrected chi connectivity index (χ2v) is 2.92. The van der Waals surface area contributed by atoms with Gasteiger partial charge in [0.1, 0.15) is 0 Å². The van der Waals surface area contributed by atoms with Gasteiger partial charge < -0.3 is 5.11 Å². The molecule has 0 spiro atoms. The van der Waals surface area contributed by atoms with Crippen molar-refractivity contribution >= 4 is 6.08 Å². The summed E-state index contributed by atoms with van der Waals surface area (Å²) in [5.41, 5.74) is 3.61. The first-order valence-corrected chi connectivity index (χ1v) is 5.17. The molecule has 0 saturated heterocycles. The maximum absolute atomic E-state index is 8.59. The van der Waals surface area contributed by atoms with Crippen LogP contribution in [0.4, 0.5) is 0 Å². The quantitative estimate of drug-likeness (QED) is 0.699. The van der Waals surface area contributed by atoms with Crippen molar-refractivity contribution in [2.75, 3.05) is 0 Å². The minimum atomic E-state index is 1.04. The molecule has 0 aliphatic carbocycles. The average molecular weight is 192 g/mol. The van der Waals surface area contributed by atoms with E-state index in [2.05, 4.69) is 26.0 Å². The molecule has 0 aromatic heterocycles. The third-order valence-corrected chi connectivity index (χ3v) is 1.83. The van der Waals surface area contributed by atoms with Gasteiger partial charge in [0.05, 0.1) is 6.26 Å². The van der Waals surface area contributed by atoms with Crippen molar-refractivity contribution in [1.82, 2.24) is 0 Å². The predicted octanol–water partition coefficient (Wildman–Crippen LogP) is 4.11. The molecule has 1 N–H and O–H groups in total. The number of benzene rings is 1. The summed E-state index contributed by atoms with van der Waals surface area (Å²) in [6.45, 7) is 8.19. The van der Waals surface area contributed by atoms with Gasteiger partial charge in [-0.15, -0.1) is 0 Å². The number of aliphatic hydroxyl groups excluding tert-OH is 1. The third-order valence-electron chi connectivity index (χ3n) is 1.83. The maximum Gasteiger partial charge on any atom is 0.0797 e. The van der Waals surface area contributed by atoms with Gasteiger partial charge in [-0.3, -0.25) is 0 Å². The van der Waals surface area contributed by atoms with Crippen LogP contribution in [-0.4, -0.2) is 5.11 Å². The number of aryl methyl sites for hydroxylation is 2. The van der Waals surface area contributed by atoms with E-state index in [1.54, 1.807) is 6.08 Å². The van der Waals surface area contributed by atoms with Crippen LogP contribution in [0.15, 0.2) is 24.5 Å². The second-order valence-electron chi connectivity index (χ2n) is 2.92. The molecule has 0 aliphatic heterocycles. The summed E-state index contributed by atoms with van der Waals surface area (Å²) in [4.78, 5) is 0. The molecule has 1 aromatic carbocycles. The summed E-state index contributed by atoms with van der Waals surface area (Å²) in [6, 6.07) is 6.29. The minimum absolute atomic E-state index is 1.04. The molecule has 0 heterocycles. The highest BCUT2D eigenvalue weighted by atomic mass is 16.2. The summed E-state index contributed by atoms with van der Waals surface area (Å²) in [6.07, 6.45) is 3.81. The summed E-state index contributed by atoms with van der Waals surface area (Å²) in [5, 5.41) is 8.59. The summed E-state index contributed by atoms with van der Waals surface area (Å²) in [5.74, 6) is 0. The van der Waals surface area contributed by atoms with Crippen LogP contribution in [0.1, 0.15) is 37.5 Å². The van der Waals surface area contributed by atoms with Gasteiger partial charge in [0.25, 0.3) is 0 Å². The smallest absolute Gasteiger partial charge is 0.0797 e. The van der Waals surface area contributed by atoms with Crippen LogP contribution in [0.3, 0.4) is 0 Å². The standard InChI is InChI=1S/C11H14O.C2H6/c1-3-10-6-9(2)7-11(8-10)4-5-12;1-2/h4-8,12H,3H2,1-2H3;1-2H3/b5-4-;. The Labute approximate surface area is 87.1 Å². The van der Waals surface area contributed by atoms with Gasteiger partial charge in [0.2, 0.25) is 0 Å². The molecule has 1 heteroatoms. The van der Waals surface area contributed by atoms with Crippen LogP contribution >= 0.6 is 0 Å². The van der Waals surface area contributed by atoms with Gasteiger partial charge in [-0.1, -0.05) is 44.5 Å². The molecule has 0 radical (unpaired) electrons. The fourth-order valence-corrected chi connectivity index (χ4v) is 1.28. The van der Waals surface area contributed by atoms with Gasteiger partial charge in [-0.25, -0.2) is 0 Å². The molecule has 1 aromatic rings. The SMILES string of the molecule is CC.CCc1cc(C)cc(/C=C\O)c1. The van der Waals surface area contributed by atoms with E-state index in [4.69, 9.17) is 5.11 Å². The first-order valence-electron chi connectivity index (χ1n) is 5.17. The molecule has 1 rings (SSSR count). The topological polar surface area (TPSA) is 20.2 Å². The summed E-state index contributed by atoms with van der Waals surface area (Å²) < 4.78 is 0. The van der Waals surface area contributed by atoms with E-state index in [9.17, 15) is 0 Å². The normalized spacial score (nSPS) is 9.71. The van der Waals surface area contributed by atoms with E-state index in [0.29, 0.717) is 0 Å². The fraction of sp³-hybridized carbons (Fsp3) is 0.385. The van der Waals surface area contributed by atoms with Gasteiger partial charge in [-0.05, 0) is 30.5 Å². The van der Waals surface area contributed by atoms with E-state index >= 15 is 0 Å². The second kappa shape index (κ2) is 7.19. The molecule has 0 bridgehead atoms. The van der Waals surface area contributed by atoms with Crippen molar-refractivity contribution in [2.45, 2.75) is 34.1 Å². The van der Waals surface area contributed by atoms with Crippen LogP contribution in [0.25, 0.3) is 6.08 Å². The molecule has 0 unspecified atom stereocenters. The lowest BCUT2D eigenvalue weighted by Gasteiger charge is -2.01. The maximum atomic E-state index is 8.59. The third kappa shape index (κ3) is 4.13. The molecular weight excluding hydrogens is 172 g/mol. The van der Waals surface area contributed by atoms with Crippen molar-refractivity contribution in [1.29, 1.82) is 0 Å². The lowest BCUT2D eigenvalue weighted by atomic mass is 10.1. The van der Waals surface area contributed by atoms with Crippen molar-refractivity contribution in [3.8, 4) is 0 Å². The Balaban J connectivity index is 0.000000791. The van der Waals surface area contributed by atoms with Crippen molar-refractivity contribution in [2.24, 2.45) is 0 Å². The Kier molecular flexibility index (Phi) is 6.55. The van der Waals surface area contributed by atoms with Gasteiger partial charge >= 0.3 is 0 Å². The number of aliphatic hydroxyl groups is 1. The molecule has 78 valence electrons. The van der Waals surface area contributed by atoms with E-state index in [1.165, 1.54) is 11.1 Å². The zero-order chi connectivity index (χ0) is 11.0. The molecule has 0 saturated carbocycles. The Morgan fingerprint density at radius 3 is 2.36 bits per heavy atom. The fourth-order valence-electron chi connectivity index (χ4n) is 1.28. The first kappa shape index (κ1) is 12.8. The Morgan fingerprint density at radius 1 is 1.21 bits per heavy atom. The lowest BCUT2D eigenvalue weighted by Crippen LogP contribution is -1.84. The number of hydrogen-bond donors (Lipinski definition) is 1. The highest BCUT2D eigenvalue weighted by Crippen LogP contribution is 2.11. The zero-order valence-electron chi connectivity index (χ0n) is 9.54. The molecule has 0 amide bonds. The molecule has 0 aliphatic rings. The Hall–Kier alpha value is -1.24. The summed E-state index contributed by atoms with van der Waals surface area (Å²) in [7, 11) is 0. The van der Waals surface area contributed by atoms with Gasteiger partial charge in [-0.2, -0.15) is 0 Å². The highest BCUT2D eigenvalue weighted by Gasteiger charge is 1.93. The highest BCUT2D eigenvalue weighted by molar-refractivity contribution is 5.50. The van der Waals surface area contributed by atoms with Crippen LogP contribution in [0, 0.1) is 6.92 Å². The van der Waals surface area contributed by atoms with E-state index < -0.39 is 0 Å². The van der Waals surface area contributed by atoms with Crippen LogP contribution in [0.2, 0.25) is 0 Å². The lowest BCUT2D eigenvalue weighted by molar-refractivity contribution is 0.478. The van der Waals surface area contributed by atoms with Gasteiger partial charge in [0.15, 0.2) is 0 Å². The van der Waals surface area contributed by atoms with Crippen molar-refractivity contribution in [3.63, 3.8) is 0 Å². The largest absolute Gasteiger partial charge is 0.516 e. The average Bonchev–Trinajstić information content (AvgIpc) is 2.20. The molecular formula is C13H20O. The zero-order valence-corrected chi connectivity index (χ0v) is 9.54. The van der Waals surface area contributed by atoms with E-state index in [-0.39, 0.29) is 0 Å². The minimum Gasteiger partial charge on any atom is -0.516 e. The molecule has 0 atom stereocenters. The molecule has 0 fully saturated rings. The molecule has 1 nitrogen and oxygen atoms in total. The van der Waals surface area contributed by atoms with Gasteiger partial charge in [0, 0.05) is 0 Å². The monoisotopic (exact) mass is 192 g/mol. The van der Waals surface area contributed by atoms with Crippen LogP contribution in [-0.2, 0) is 6.42 Å². The Bertz CT molecular complexity index is 287. The van der Waals surface area contributed by atoms with Crippen molar-refractivity contribution in [3.05, 3.63) is 41.2 Å². The van der Waals surface area contributed by atoms with Crippen LogP contribution in [0.5, 0.6) is 0 Å². The summed E-state index contributed by atoms with van der Waals surface area (Å²) >= 11 is 0. The molecule has 14 heavy (non-hydrogen) atoms. The first-order chi connectivity index (χ1) is 6.76. The number of rotatable bonds is 2. The van der Waals surface area contributed by atoms with E-state index in [1.807, 2.05) is 19.9 Å². The van der Waals surface area contributed by atoms with Crippen LogP contribution < -0.4 is 0 Å². The number of hydrogen-bond acceptors (Lipinski definition) is 1. The Morgan fingerprint density at radius 2 is 1.86 bits per heavy atom. The van der Waals surface area contributed by atoms with Crippen molar-refractivity contribution < 1.29 is 5.11 Å². The van der Waals surface area contributed by atoms with E-state index in [0.717, 1.165) is 18.2 Å². The predicted molar refractivity (Wildman–Crippen MR) is 63.6 cm³/mol.